The van der Waals surface area contributed by atoms with Crippen molar-refractivity contribution in [1.29, 1.82) is 0 Å². The zero-order valence-electron chi connectivity index (χ0n) is 10.6. The second-order valence-corrected chi connectivity index (χ2v) is 5.07. The fourth-order valence-electron chi connectivity index (χ4n) is 1.63. The number of halogens is 1. The number of hydrogen-bond donors (Lipinski definition) is 1. The predicted molar refractivity (Wildman–Crippen MR) is 83.0 cm³/mol. The van der Waals surface area contributed by atoms with Gasteiger partial charge in [-0.05, 0) is 52.2 Å². The normalized spacial score (nSPS) is 10.6. The number of amides is 1. The fraction of sp³-hybridized carbons (Fsp3) is 0.0625. The quantitative estimate of drug-likeness (QED) is 0.835. The molecule has 0 heterocycles. The molecule has 0 saturated heterocycles. The van der Waals surface area contributed by atoms with E-state index in [4.69, 9.17) is 0 Å². The molecule has 0 aliphatic rings. The molecule has 2 aromatic rings. The van der Waals surface area contributed by atoms with Crippen LogP contribution in [0.5, 0.6) is 0 Å². The van der Waals surface area contributed by atoms with Crippen LogP contribution in [0.25, 0.3) is 6.08 Å². The molecule has 1 N–H and O–H groups in total. The first-order chi connectivity index (χ1) is 9.15. The molecule has 0 unspecified atom stereocenters. The maximum Gasteiger partial charge on any atom is 0.248 e. The molecule has 0 aromatic heterocycles. The van der Waals surface area contributed by atoms with Gasteiger partial charge >= 0.3 is 0 Å². The van der Waals surface area contributed by atoms with Gasteiger partial charge < -0.3 is 5.32 Å². The summed E-state index contributed by atoms with van der Waals surface area (Å²) >= 11 is 3.43. The van der Waals surface area contributed by atoms with Crippen LogP contribution in [0.3, 0.4) is 0 Å². The van der Waals surface area contributed by atoms with E-state index in [2.05, 4.69) is 21.2 Å². The minimum Gasteiger partial charge on any atom is -0.321 e. The van der Waals surface area contributed by atoms with Gasteiger partial charge in [0.1, 0.15) is 0 Å². The summed E-state index contributed by atoms with van der Waals surface area (Å²) in [5.74, 6) is -0.145. The van der Waals surface area contributed by atoms with E-state index >= 15 is 0 Å². The summed E-state index contributed by atoms with van der Waals surface area (Å²) in [6, 6.07) is 15.5. The van der Waals surface area contributed by atoms with Gasteiger partial charge in [0.25, 0.3) is 0 Å². The van der Waals surface area contributed by atoms with Gasteiger partial charge in [-0.3, -0.25) is 4.79 Å². The number of nitrogens with one attached hydrogen (secondary N) is 1. The largest absolute Gasteiger partial charge is 0.321 e. The number of aryl methyl sites for hydroxylation is 1. The summed E-state index contributed by atoms with van der Waals surface area (Å²) in [6.45, 7) is 2.01. The van der Waals surface area contributed by atoms with E-state index in [0.29, 0.717) is 0 Å². The van der Waals surface area contributed by atoms with Gasteiger partial charge in [0.05, 0.1) is 5.69 Å². The van der Waals surface area contributed by atoms with Crippen molar-refractivity contribution in [2.75, 3.05) is 5.32 Å². The third-order valence-corrected chi connectivity index (χ3v) is 3.27. The van der Waals surface area contributed by atoms with Gasteiger partial charge in [0.15, 0.2) is 0 Å². The SMILES string of the molecule is Cc1ccc(NC(=O)/C=C/c2ccccc2)c(Br)c1. The molecule has 2 nitrogen and oxygen atoms in total. The third-order valence-electron chi connectivity index (χ3n) is 2.61. The van der Waals surface area contributed by atoms with Crippen molar-refractivity contribution >= 4 is 33.6 Å². The topological polar surface area (TPSA) is 29.1 Å². The van der Waals surface area contributed by atoms with Crippen molar-refractivity contribution in [3.8, 4) is 0 Å². The van der Waals surface area contributed by atoms with E-state index in [1.165, 1.54) is 6.08 Å². The average Bonchev–Trinajstić information content (AvgIpc) is 2.41. The Bertz CT molecular complexity index is 605. The Morgan fingerprint density at radius 3 is 2.58 bits per heavy atom. The molecule has 0 atom stereocenters. The minimum atomic E-state index is -0.145. The van der Waals surface area contributed by atoms with Crippen molar-refractivity contribution in [2.24, 2.45) is 0 Å². The van der Waals surface area contributed by atoms with Crippen molar-refractivity contribution < 1.29 is 4.79 Å². The Hall–Kier alpha value is -1.87. The highest BCUT2D eigenvalue weighted by Gasteiger charge is 2.02. The molecule has 0 bridgehead atoms. The lowest BCUT2D eigenvalue weighted by Gasteiger charge is -2.05. The number of anilines is 1. The van der Waals surface area contributed by atoms with Crippen LogP contribution in [0.1, 0.15) is 11.1 Å². The van der Waals surface area contributed by atoms with E-state index in [0.717, 1.165) is 21.3 Å². The first-order valence-electron chi connectivity index (χ1n) is 5.95. The average molecular weight is 316 g/mol. The minimum absolute atomic E-state index is 0.145. The molecule has 0 spiro atoms. The summed E-state index contributed by atoms with van der Waals surface area (Å²) in [6.07, 6.45) is 3.32. The molecule has 0 radical (unpaired) electrons. The summed E-state index contributed by atoms with van der Waals surface area (Å²) in [4.78, 5) is 11.8. The van der Waals surface area contributed by atoms with E-state index in [1.807, 2.05) is 55.5 Å². The highest BCUT2D eigenvalue weighted by Crippen LogP contribution is 2.23. The lowest BCUT2D eigenvalue weighted by molar-refractivity contribution is -0.111. The lowest BCUT2D eigenvalue weighted by atomic mass is 10.2. The predicted octanol–water partition coefficient (Wildman–Crippen LogP) is 4.41. The summed E-state index contributed by atoms with van der Waals surface area (Å²) in [7, 11) is 0. The highest BCUT2D eigenvalue weighted by molar-refractivity contribution is 9.10. The van der Waals surface area contributed by atoms with Crippen LogP contribution in [0.4, 0.5) is 5.69 Å². The Balaban J connectivity index is 2.04. The van der Waals surface area contributed by atoms with Crippen LogP contribution in [-0.4, -0.2) is 5.91 Å². The molecular weight excluding hydrogens is 302 g/mol. The number of rotatable bonds is 3. The van der Waals surface area contributed by atoms with Crippen LogP contribution in [-0.2, 0) is 4.79 Å². The second kappa shape index (κ2) is 6.34. The first-order valence-corrected chi connectivity index (χ1v) is 6.75. The van der Waals surface area contributed by atoms with Crippen LogP contribution in [0.15, 0.2) is 59.1 Å². The van der Waals surface area contributed by atoms with Gasteiger partial charge in [-0.15, -0.1) is 0 Å². The lowest BCUT2D eigenvalue weighted by Crippen LogP contribution is -2.08. The molecule has 0 aliphatic heterocycles. The number of carbonyl (C=O) groups is 1. The van der Waals surface area contributed by atoms with Crippen LogP contribution >= 0.6 is 15.9 Å². The number of hydrogen-bond acceptors (Lipinski definition) is 1. The monoisotopic (exact) mass is 315 g/mol. The molecule has 2 rings (SSSR count). The van der Waals surface area contributed by atoms with Gasteiger partial charge in [0, 0.05) is 10.5 Å². The summed E-state index contributed by atoms with van der Waals surface area (Å²) in [5, 5.41) is 2.84. The second-order valence-electron chi connectivity index (χ2n) is 4.22. The Morgan fingerprint density at radius 2 is 1.89 bits per heavy atom. The molecule has 0 fully saturated rings. The Labute approximate surface area is 121 Å². The van der Waals surface area contributed by atoms with Crippen molar-refractivity contribution in [3.05, 3.63) is 70.2 Å². The number of carbonyl (C=O) groups excluding carboxylic acids is 1. The summed E-state index contributed by atoms with van der Waals surface area (Å²) < 4.78 is 0.883. The first kappa shape index (κ1) is 13.6. The molecule has 96 valence electrons. The van der Waals surface area contributed by atoms with Crippen LogP contribution < -0.4 is 5.32 Å². The van der Waals surface area contributed by atoms with Gasteiger partial charge in [-0.1, -0.05) is 36.4 Å². The maximum absolute atomic E-state index is 11.8. The van der Waals surface area contributed by atoms with E-state index in [-0.39, 0.29) is 5.91 Å². The third kappa shape index (κ3) is 4.07. The van der Waals surface area contributed by atoms with Crippen molar-refractivity contribution in [1.82, 2.24) is 0 Å². The maximum atomic E-state index is 11.8. The smallest absolute Gasteiger partial charge is 0.248 e. The van der Waals surface area contributed by atoms with E-state index in [1.54, 1.807) is 6.08 Å². The zero-order chi connectivity index (χ0) is 13.7. The van der Waals surface area contributed by atoms with E-state index < -0.39 is 0 Å². The molecule has 0 aliphatic carbocycles. The standard InChI is InChI=1S/C16H14BrNO/c1-12-7-9-15(14(17)11-12)18-16(19)10-8-13-5-3-2-4-6-13/h2-11H,1H3,(H,18,19)/b10-8+. The zero-order valence-corrected chi connectivity index (χ0v) is 12.1. The molecule has 2 aromatic carbocycles. The highest BCUT2D eigenvalue weighted by atomic mass is 79.9. The van der Waals surface area contributed by atoms with Gasteiger partial charge in [-0.25, -0.2) is 0 Å². The van der Waals surface area contributed by atoms with Crippen molar-refractivity contribution in [3.63, 3.8) is 0 Å². The van der Waals surface area contributed by atoms with Crippen LogP contribution in [0, 0.1) is 6.92 Å². The number of benzene rings is 2. The van der Waals surface area contributed by atoms with Crippen molar-refractivity contribution in [2.45, 2.75) is 6.92 Å². The van der Waals surface area contributed by atoms with Crippen LogP contribution in [0.2, 0.25) is 0 Å². The van der Waals surface area contributed by atoms with Gasteiger partial charge in [-0.2, -0.15) is 0 Å². The Morgan fingerprint density at radius 1 is 1.16 bits per heavy atom. The molecule has 19 heavy (non-hydrogen) atoms. The van der Waals surface area contributed by atoms with Gasteiger partial charge in [0.2, 0.25) is 5.91 Å². The van der Waals surface area contributed by atoms with E-state index in [9.17, 15) is 4.79 Å². The molecular formula is C16H14BrNO. The fourth-order valence-corrected chi connectivity index (χ4v) is 2.22. The molecule has 0 saturated carbocycles. The Kier molecular flexibility index (Phi) is 4.53. The molecule has 1 amide bonds. The molecule has 3 heteroatoms. The summed E-state index contributed by atoms with van der Waals surface area (Å²) in [5.41, 5.74) is 2.92.